The van der Waals surface area contributed by atoms with Crippen LogP contribution < -0.4 is 10.6 Å². The van der Waals surface area contributed by atoms with E-state index < -0.39 is 11.9 Å². The Hall–Kier alpha value is -3.59. The number of carbonyl (C=O) groups is 2. The predicted octanol–water partition coefficient (Wildman–Crippen LogP) is 3.15. The summed E-state index contributed by atoms with van der Waals surface area (Å²) in [7, 11) is 0. The van der Waals surface area contributed by atoms with Crippen LogP contribution in [0.25, 0.3) is 0 Å². The highest BCUT2D eigenvalue weighted by Crippen LogP contribution is 2.12. The second kappa shape index (κ2) is 7.61. The van der Waals surface area contributed by atoms with Gasteiger partial charge in [-0.15, -0.1) is 0 Å². The molecule has 6 heteroatoms. The molecule has 0 saturated carbocycles. The molecule has 0 aliphatic carbocycles. The molecule has 0 unspecified atom stereocenters. The van der Waals surface area contributed by atoms with Crippen molar-refractivity contribution >= 4 is 23.3 Å². The maximum atomic E-state index is 12.1. The number of rotatable bonds is 5. The van der Waals surface area contributed by atoms with E-state index in [2.05, 4.69) is 10.6 Å². The van der Waals surface area contributed by atoms with Gasteiger partial charge in [0.15, 0.2) is 0 Å². The molecule has 0 aromatic heterocycles. The van der Waals surface area contributed by atoms with Crippen LogP contribution in [0.3, 0.4) is 0 Å². The topological polar surface area (TPSA) is 102 Å². The van der Waals surface area contributed by atoms with Crippen LogP contribution in [0, 0.1) is 18.3 Å². The fourth-order valence-electron chi connectivity index (χ4n) is 1.85. The van der Waals surface area contributed by atoms with E-state index in [0.29, 0.717) is 11.4 Å². The first-order valence-corrected chi connectivity index (χ1v) is 7.08. The van der Waals surface area contributed by atoms with Crippen molar-refractivity contribution < 1.29 is 14.7 Å². The van der Waals surface area contributed by atoms with Crippen molar-refractivity contribution in [3.63, 3.8) is 0 Å². The largest absolute Gasteiger partial charge is 0.478 e. The number of nitrogens with one attached hydrogen (secondary N) is 2. The fraction of sp³-hybridized carbons (Fsp3) is 0.0556. The average Bonchev–Trinajstić information content (AvgIpc) is 2.58. The van der Waals surface area contributed by atoms with Gasteiger partial charge in [-0.25, -0.2) is 4.79 Å². The van der Waals surface area contributed by atoms with Gasteiger partial charge in [0.2, 0.25) is 0 Å². The molecule has 0 atom stereocenters. The minimum absolute atomic E-state index is 0.0992. The Labute approximate surface area is 139 Å². The van der Waals surface area contributed by atoms with E-state index in [4.69, 9.17) is 10.4 Å². The maximum Gasteiger partial charge on any atom is 0.335 e. The zero-order valence-electron chi connectivity index (χ0n) is 12.9. The Morgan fingerprint density at radius 1 is 1.04 bits per heavy atom. The van der Waals surface area contributed by atoms with Gasteiger partial charge in [0.05, 0.1) is 5.56 Å². The number of anilines is 2. The lowest BCUT2D eigenvalue weighted by molar-refractivity contribution is -0.112. The highest BCUT2D eigenvalue weighted by molar-refractivity contribution is 6.06. The summed E-state index contributed by atoms with van der Waals surface area (Å²) in [6.07, 6.45) is 1.28. The monoisotopic (exact) mass is 321 g/mol. The molecule has 0 aliphatic heterocycles. The number of benzene rings is 2. The first-order valence-electron chi connectivity index (χ1n) is 7.08. The number of carboxylic acid groups (broad SMARTS) is 1. The van der Waals surface area contributed by atoms with Gasteiger partial charge in [-0.05, 0) is 43.3 Å². The first-order chi connectivity index (χ1) is 11.5. The molecule has 0 bridgehead atoms. The van der Waals surface area contributed by atoms with Crippen molar-refractivity contribution in [3.05, 3.63) is 71.4 Å². The third kappa shape index (κ3) is 4.45. The Morgan fingerprint density at radius 3 is 2.17 bits per heavy atom. The normalized spacial score (nSPS) is 10.6. The zero-order valence-corrected chi connectivity index (χ0v) is 12.9. The molecule has 0 aliphatic rings. The quantitative estimate of drug-likeness (QED) is 0.580. The van der Waals surface area contributed by atoms with Gasteiger partial charge in [-0.1, -0.05) is 17.7 Å². The molecule has 6 nitrogen and oxygen atoms in total. The minimum Gasteiger partial charge on any atom is -0.478 e. The summed E-state index contributed by atoms with van der Waals surface area (Å²) in [5.41, 5.74) is 2.28. The number of nitriles is 1. The zero-order chi connectivity index (χ0) is 17.5. The Kier molecular flexibility index (Phi) is 5.32. The van der Waals surface area contributed by atoms with Crippen LogP contribution in [0.1, 0.15) is 15.9 Å². The average molecular weight is 321 g/mol. The second-order valence-electron chi connectivity index (χ2n) is 5.02. The van der Waals surface area contributed by atoms with Gasteiger partial charge in [-0.2, -0.15) is 5.26 Å². The Morgan fingerprint density at radius 2 is 1.62 bits per heavy atom. The van der Waals surface area contributed by atoms with E-state index in [1.54, 1.807) is 24.3 Å². The molecule has 120 valence electrons. The van der Waals surface area contributed by atoms with E-state index in [1.807, 2.05) is 25.1 Å². The fourth-order valence-corrected chi connectivity index (χ4v) is 1.85. The molecule has 1 amide bonds. The molecule has 0 saturated heterocycles. The van der Waals surface area contributed by atoms with E-state index in [1.165, 1.54) is 18.3 Å². The van der Waals surface area contributed by atoms with Crippen LogP contribution in [-0.2, 0) is 4.79 Å². The van der Waals surface area contributed by atoms with Crippen molar-refractivity contribution in [2.75, 3.05) is 10.6 Å². The van der Waals surface area contributed by atoms with E-state index in [-0.39, 0.29) is 11.1 Å². The van der Waals surface area contributed by atoms with Crippen molar-refractivity contribution in [2.45, 2.75) is 6.92 Å². The van der Waals surface area contributed by atoms with Gasteiger partial charge in [-0.3, -0.25) is 4.79 Å². The van der Waals surface area contributed by atoms with Crippen LogP contribution in [-0.4, -0.2) is 17.0 Å². The molecule has 0 spiro atoms. The van der Waals surface area contributed by atoms with Crippen LogP contribution in [0.5, 0.6) is 0 Å². The highest BCUT2D eigenvalue weighted by Gasteiger charge is 2.09. The predicted molar refractivity (Wildman–Crippen MR) is 90.5 cm³/mol. The van der Waals surface area contributed by atoms with Gasteiger partial charge in [0.25, 0.3) is 5.91 Å². The van der Waals surface area contributed by atoms with E-state index >= 15 is 0 Å². The number of hydrogen-bond donors (Lipinski definition) is 3. The molecule has 3 N–H and O–H groups in total. The maximum absolute atomic E-state index is 12.1. The summed E-state index contributed by atoms with van der Waals surface area (Å²) in [5.74, 6) is -1.55. The van der Waals surface area contributed by atoms with E-state index in [0.717, 1.165) is 5.56 Å². The molecule has 0 radical (unpaired) electrons. The number of carboxylic acids is 1. The van der Waals surface area contributed by atoms with E-state index in [9.17, 15) is 9.59 Å². The van der Waals surface area contributed by atoms with Crippen molar-refractivity contribution in [2.24, 2.45) is 0 Å². The summed E-state index contributed by atoms with van der Waals surface area (Å²) in [4.78, 5) is 22.9. The smallest absolute Gasteiger partial charge is 0.335 e. The van der Waals surface area contributed by atoms with Gasteiger partial charge in [0.1, 0.15) is 11.6 Å². The van der Waals surface area contributed by atoms with Crippen molar-refractivity contribution in [1.29, 1.82) is 5.26 Å². The summed E-state index contributed by atoms with van der Waals surface area (Å²) < 4.78 is 0. The molecular weight excluding hydrogens is 306 g/mol. The molecule has 2 aromatic rings. The second-order valence-corrected chi connectivity index (χ2v) is 5.02. The number of hydrogen-bond acceptors (Lipinski definition) is 4. The Balaban J connectivity index is 2.05. The first kappa shape index (κ1) is 16.8. The minimum atomic E-state index is -1.02. The molecular formula is C18H15N3O3. The van der Waals surface area contributed by atoms with Crippen LogP contribution in [0.2, 0.25) is 0 Å². The third-order valence-corrected chi connectivity index (χ3v) is 3.19. The van der Waals surface area contributed by atoms with Gasteiger partial charge in [0, 0.05) is 17.6 Å². The number of aryl methyl sites for hydroxylation is 1. The molecule has 2 rings (SSSR count). The molecule has 2 aromatic carbocycles. The summed E-state index contributed by atoms with van der Waals surface area (Å²) >= 11 is 0. The molecule has 0 heterocycles. The van der Waals surface area contributed by atoms with Crippen LogP contribution in [0.15, 0.2) is 60.3 Å². The lowest BCUT2D eigenvalue weighted by atomic mass is 10.2. The number of nitrogens with zero attached hydrogens (tertiary/aromatic N) is 1. The number of aromatic carboxylic acids is 1. The Bertz CT molecular complexity index is 816. The summed E-state index contributed by atoms with van der Waals surface area (Å²) in [6, 6.07) is 15.0. The highest BCUT2D eigenvalue weighted by atomic mass is 16.4. The standard InChI is InChI=1S/C18H15N3O3/c1-12-2-6-16(7-3-12)21-17(22)14(10-19)11-20-15-8-4-13(5-9-15)18(23)24/h2-9,11,20H,1H3,(H,21,22)(H,23,24)/b14-11-. The molecule has 0 fully saturated rings. The van der Waals surface area contributed by atoms with Gasteiger partial charge < -0.3 is 15.7 Å². The molecule has 24 heavy (non-hydrogen) atoms. The van der Waals surface area contributed by atoms with Gasteiger partial charge >= 0.3 is 5.97 Å². The van der Waals surface area contributed by atoms with Crippen molar-refractivity contribution in [3.8, 4) is 6.07 Å². The van der Waals surface area contributed by atoms with Crippen molar-refractivity contribution in [1.82, 2.24) is 0 Å². The summed E-state index contributed by atoms with van der Waals surface area (Å²) in [6.45, 7) is 1.94. The lowest BCUT2D eigenvalue weighted by Crippen LogP contribution is -2.14. The lowest BCUT2D eigenvalue weighted by Gasteiger charge is -2.06. The number of carbonyl (C=O) groups excluding carboxylic acids is 1. The SMILES string of the molecule is Cc1ccc(NC(=O)/C(C#N)=C\Nc2ccc(C(=O)O)cc2)cc1. The number of amides is 1. The van der Waals surface area contributed by atoms with Crippen LogP contribution >= 0.6 is 0 Å². The third-order valence-electron chi connectivity index (χ3n) is 3.19. The van der Waals surface area contributed by atoms with Crippen LogP contribution in [0.4, 0.5) is 11.4 Å². The summed E-state index contributed by atoms with van der Waals surface area (Å²) in [5, 5.41) is 23.4.